The number of aromatic nitrogens is 1. The Kier molecular flexibility index (Phi) is 6.47. The lowest BCUT2D eigenvalue weighted by Crippen LogP contribution is -2.36. The smallest absolute Gasteiger partial charge is 0.349 e. The van der Waals surface area contributed by atoms with Gasteiger partial charge < -0.3 is 14.1 Å². The molecule has 0 aliphatic heterocycles. The molecule has 0 N–H and O–H groups in total. The molecule has 0 aliphatic rings. The quantitative estimate of drug-likeness (QED) is 0.217. The third-order valence-electron chi connectivity index (χ3n) is 6.25. The van der Waals surface area contributed by atoms with Gasteiger partial charge >= 0.3 is 5.63 Å². The van der Waals surface area contributed by atoms with E-state index in [1.807, 2.05) is 63.5 Å². The molecule has 1 amide bonds. The zero-order chi connectivity index (χ0) is 25.4. The number of ether oxygens (including phenoxy) is 1. The Balaban J connectivity index is 1.64. The van der Waals surface area contributed by atoms with E-state index < -0.39 is 11.5 Å². The van der Waals surface area contributed by atoms with E-state index in [-0.39, 0.29) is 5.56 Å². The summed E-state index contributed by atoms with van der Waals surface area (Å²) < 4.78 is 12.1. The number of benzene rings is 3. The van der Waals surface area contributed by atoms with Crippen molar-refractivity contribution in [3.05, 3.63) is 76.1 Å². The van der Waals surface area contributed by atoms with Crippen molar-refractivity contribution in [2.24, 2.45) is 0 Å². The second kappa shape index (κ2) is 9.72. The highest BCUT2D eigenvalue weighted by Crippen LogP contribution is 2.37. The van der Waals surface area contributed by atoms with Gasteiger partial charge in [0.15, 0.2) is 5.13 Å². The van der Waals surface area contributed by atoms with Crippen molar-refractivity contribution in [1.29, 1.82) is 0 Å². The molecule has 0 unspecified atom stereocenters. The Morgan fingerprint density at radius 3 is 2.64 bits per heavy atom. The van der Waals surface area contributed by atoms with Gasteiger partial charge in [-0.2, -0.15) is 0 Å². The lowest BCUT2D eigenvalue weighted by molar-refractivity contribution is 0.0982. The van der Waals surface area contributed by atoms with Crippen LogP contribution in [0.15, 0.2) is 63.8 Å². The molecule has 3 aromatic carbocycles. The average molecular weight is 502 g/mol. The number of fused-ring (bicyclic) bond motifs is 4. The Morgan fingerprint density at radius 1 is 1.06 bits per heavy atom. The lowest BCUT2D eigenvalue weighted by atomic mass is 10.0. The van der Waals surface area contributed by atoms with Crippen molar-refractivity contribution in [1.82, 2.24) is 9.88 Å². The number of anilines is 1. The molecule has 184 valence electrons. The normalized spacial score (nSPS) is 11.6. The number of aryl methyl sites for hydroxylation is 1. The van der Waals surface area contributed by atoms with Gasteiger partial charge in [0.1, 0.15) is 22.4 Å². The molecule has 0 fully saturated rings. The minimum Gasteiger partial charge on any atom is -0.494 e. The Labute approximate surface area is 212 Å². The monoisotopic (exact) mass is 501 g/mol. The van der Waals surface area contributed by atoms with Crippen LogP contribution in [-0.2, 0) is 0 Å². The lowest BCUT2D eigenvalue weighted by Gasteiger charge is -2.20. The summed E-state index contributed by atoms with van der Waals surface area (Å²) in [6, 6.07) is 17.0. The summed E-state index contributed by atoms with van der Waals surface area (Å²) in [6.07, 6.45) is 0.715. The van der Waals surface area contributed by atoms with Gasteiger partial charge in [0.05, 0.1) is 11.8 Å². The van der Waals surface area contributed by atoms with E-state index in [2.05, 4.69) is 4.90 Å². The van der Waals surface area contributed by atoms with Crippen LogP contribution in [0.4, 0.5) is 5.13 Å². The highest BCUT2D eigenvalue weighted by molar-refractivity contribution is 7.22. The van der Waals surface area contributed by atoms with Gasteiger partial charge in [0.2, 0.25) is 0 Å². The summed E-state index contributed by atoms with van der Waals surface area (Å²) in [4.78, 5) is 35.4. The third-order valence-corrected chi connectivity index (χ3v) is 7.46. The van der Waals surface area contributed by atoms with Crippen LogP contribution in [0, 0.1) is 6.92 Å². The molecule has 7 nitrogen and oxygen atoms in total. The molecule has 0 saturated carbocycles. The number of nitrogens with zero attached hydrogens (tertiary/aromatic N) is 3. The first-order valence-electron chi connectivity index (χ1n) is 11.7. The van der Waals surface area contributed by atoms with Gasteiger partial charge in [0, 0.05) is 11.9 Å². The van der Waals surface area contributed by atoms with E-state index in [1.165, 1.54) is 11.3 Å². The van der Waals surface area contributed by atoms with Crippen LogP contribution in [0.5, 0.6) is 5.75 Å². The van der Waals surface area contributed by atoms with Gasteiger partial charge in [-0.25, -0.2) is 9.78 Å². The Hall–Kier alpha value is -3.75. The average Bonchev–Trinajstić information content (AvgIpc) is 3.32. The van der Waals surface area contributed by atoms with Crippen molar-refractivity contribution < 1.29 is 13.9 Å². The molecular formula is C28H27N3O4S. The number of amides is 1. The van der Waals surface area contributed by atoms with E-state index >= 15 is 0 Å². The number of thiazole rings is 1. The first kappa shape index (κ1) is 24.0. The van der Waals surface area contributed by atoms with Crippen molar-refractivity contribution in [2.75, 3.05) is 39.2 Å². The molecule has 0 atom stereocenters. The van der Waals surface area contributed by atoms with Crippen molar-refractivity contribution >= 4 is 54.3 Å². The summed E-state index contributed by atoms with van der Waals surface area (Å²) in [5.74, 6) is 0.225. The van der Waals surface area contributed by atoms with Crippen molar-refractivity contribution in [3.63, 3.8) is 0 Å². The van der Waals surface area contributed by atoms with E-state index in [1.54, 1.807) is 24.1 Å². The van der Waals surface area contributed by atoms with Crippen LogP contribution < -0.4 is 15.3 Å². The highest BCUT2D eigenvalue weighted by Gasteiger charge is 2.26. The predicted octanol–water partition coefficient (Wildman–Crippen LogP) is 5.47. The SMILES string of the molecule is COc1ccc(C)c2sc(N(CCCN(C)C)C(=O)c3cc4c(ccc5ccccc54)oc3=O)nc12. The maximum atomic E-state index is 13.9. The van der Waals surface area contributed by atoms with Gasteiger partial charge in [-0.1, -0.05) is 47.7 Å². The number of hydrogen-bond donors (Lipinski definition) is 0. The molecule has 0 spiro atoms. The molecule has 8 heteroatoms. The van der Waals surface area contributed by atoms with Crippen LogP contribution in [0.2, 0.25) is 0 Å². The molecule has 5 aromatic rings. The summed E-state index contributed by atoms with van der Waals surface area (Å²) in [6.45, 7) is 3.20. The van der Waals surface area contributed by atoms with Crippen LogP contribution >= 0.6 is 11.3 Å². The summed E-state index contributed by atoms with van der Waals surface area (Å²) in [5, 5.41) is 3.19. The van der Waals surface area contributed by atoms with E-state index in [4.69, 9.17) is 14.1 Å². The third kappa shape index (κ3) is 4.34. The number of hydrogen-bond acceptors (Lipinski definition) is 7. The Bertz CT molecular complexity index is 1650. The van der Waals surface area contributed by atoms with Gasteiger partial charge in [-0.15, -0.1) is 0 Å². The maximum absolute atomic E-state index is 13.9. The molecule has 0 bridgehead atoms. The molecule has 0 saturated heterocycles. The first-order chi connectivity index (χ1) is 17.4. The first-order valence-corrected chi connectivity index (χ1v) is 12.6. The fourth-order valence-electron chi connectivity index (χ4n) is 4.37. The number of carbonyl (C=O) groups is 1. The van der Waals surface area contributed by atoms with Gasteiger partial charge in [-0.05, 0) is 68.5 Å². The molecule has 5 rings (SSSR count). The molecule has 2 aromatic heterocycles. The minimum absolute atomic E-state index is 0.00773. The second-order valence-electron chi connectivity index (χ2n) is 9.02. The van der Waals surface area contributed by atoms with Crippen LogP contribution in [-0.4, -0.2) is 50.1 Å². The summed E-state index contributed by atoms with van der Waals surface area (Å²) >= 11 is 1.42. The number of methoxy groups -OCH3 is 1. The predicted molar refractivity (Wildman–Crippen MR) is 146 cm³/mol. The fourth-order valence-corrected chi connectivity index (χ4v) is 5.45. The molecule has 0 radical (unpaired) electrons. The van der Waals surface area contributed by atoms with E-state index in [0.29, 0.717) is 34.9 Å². The maximum Gasteiger partial charge on any atom is 0.349 e. The Morgan fingerprint density at radius 2 is 1.86 bits per heavy atom. The number of carbonyl (C=O) groups excluding carboxylic acids is 1. The largest absolute Gasteiger partial charge is 0.494 e. The molecule has 36 heavy (non-hydrogen) atoms. The zero-order valence-corrected chi connectivity index (χ0v) is 21.5. The van der Waals surface area contributed by atoms with Crippen molar-refractivity contribution in [3.8, 4) is 5.75 Å². The topological polar surface area (TPSA) is 75.9 Å². The molecular weight excluding hydrogens is 474 g/mol. The minimum atomic E-state index is -0.657. The van der Waals surface area contributed by atoms with Crippen LogP contribution in [0.1, 0.15) is 22.3 Å². The standard InChI is InChI=1S/C28H27N3O4S/c1-17-10-12-23(34-4)24-25(17)36-28(29-24)31(15-7-14-30(2)3)26(32)21-16-20-19-9-6-5-8-18(19)11-13-22(20)35-27(21)33/h5-6,8-13,16H,7,14-15H2,1-4H3. The van der Waals surface area contributed by atoms with Crippen LogP contribution in [0.25, 0.3) is 32.0 Å². The molecule has 0 aliphatic carbocycles. The number of rotatable bonds is 7. The van der Waals surface area contributed by atoms with Gasteiger partial charge in [-0.3, -0.25) is 9.69 Å². The van der Waals surface area contributed by atoms with Gasteiger partial charge in [0.25, 0.3) is 5.91 Å². The highest BCUT2D eigenvalue weighted by atomic mass is 32.1. The van der Waals surface area contributed by atoms with Crippen LogP contribution in [0.3, 0.4) is 0 Å². The van der Waals surface area contributed by atoms with E-state index in [0.717, 1.165) is 33.0 Å². The summed E-state index contributed by atoms with van der Waals surface area (Å²) in [5.41, 5.74) is 1.54. The second-order valence-corrected chi connectivity index (χ2v) is 10.00. The summed E-state index contributed by atoms with van der Waals surface area (Å²) in [7, 11) is 5.58. The van der Waals surface area contributed by atoms with Crippen molar-refractivity contribution in [2.45, 2.75) is 13.3 Å². The van der Waals surface area contributed by atoms with E-state index in [9.17, 15) is 9.59 Å². The zero-order valence-electron chi connectivity index (χ0n) is 20.7. The molecule has 2 heterocycles. The fraction of sp³-hybridized carbons (Fsp3) is 0.250.